The molecule has 1 fully saturated rings. The van der Waals surface area contributed by atoms with Gasteiger partial charge in [-0.25, -0.2) is 4.39 Å². The maximum atomic E-state index is 13.6. The van der Waals surface area contributed by atoms with E-state index in [0.717, 1.165) is 31.9 Å². The highest BCUT2D eigenvalue weighted by Crippen LogP contribution is 2.25. The zero-order valence-corrected chi connectivity index (χ0v) is 10.2. The van der Waals surface area contributed by atoms with Crippen molar-refractivity contribution in [2.24, 2.45) is 0 Å². The molecule has 1 aromatic heterocycles. The van der Waals surface area contributed by atoms with Gasteiger partial charge in [-0.1, -0.05) is 12.8 Å². The van der Waals surface area contributed by atoms with Crippen LogP contribution in [0.5, 0.6) is 0 Å². The summed E-state index contributed by atoms with van der Waals surface area (Å²) in [5.74, 6) is -0.959. The largest absolute Gasteiger partial charge is 0.395 e. The first-order valence-corrected chi connectivity index (χ1v) is 6.25. The van der Waals surface area contributed by atoms with Crippen LogP contribution in [0.3, 0.4) is 0 Å². The van der Waals surface area contributed by atoms with Gasteiger partial charge >= 0.3 is 0 Å². The quantitative estimate of drug-likeness (QED) is 0.885. The molecule has 0 unspecified atom stereocenters. The van der Waals surface area contributed by atoms with Crippen molar-refractivity contribution in [2.45, 2.75) is 31.7 Å². The monoisotopic (exact) mass is 252 g/mol. The van der Waals surface area contributed by atoms with Crippen molar-refractivity contribution in [1.29, 1.82) is 0 Å². The first-order valence-electron chi connectivity index (χ1n) is 6.25. The van der Waals surface area contributed by atoms with Crippen molar-refractivity contribution >= 4 is 5.91 Å². The molecule has 18 heavy (non-hydrogen) atoms. The smallest absolute Gasteiger partial charge is 0.257 e. The number of hydrogen-bond donors (Lipinski definition) is 1. The molecule has 1 aromatic rings. The first kappa shape index (κ1) is 13.0. The lowest BCUT2D eigenvalue weighted by Gasteiger charge is -2.28. The van der Waals surface area contributed by atoms with Gasteiger partial charge in [0, 0.05) is 18.8 Å². The summed E-state index contributed by atoms with van der Waals surface area (Å²) in [6.45, 7) is 0.153. The predicted octanol–water partition coefficient (Wildman–Crippen LogP) is 1.60. The van der Waals surface area contributed by atoms with E-state index in [1.807, 2.05) is 0 Å². The van der Waals surface area contributed by atoms with E-state index < -0.39 is 5.82 Å². The van der Waals surface area contributed by atoms with Crippen LogP contribution >= 0.6 is 0 Å². The minimum Gasteiger partial charge on any atom is -0.395 e. The third kappa shape index (κ3) is 2.67. The third-order valence-electron chi connectivity index (χ3n) is 3.37. The molecule has 0 spiro atoms. The van der Waals surface area contributed by atoms with E-state index >= 15 is 0 Å². The molecule has 1 N–H and O–H groups in total. The van der Waals surface area contributed by atoms with Gasteiger partial charge in [0.1, 0.15) is 0 Å². The fraction of sp³-hybridized carbons (Fsp3) is 0.538. The predicted molar refractivity (Wildman–Crippen MR) is 64.6 cm³/mol. The molecule has 98 valence electrons. The van der Waals surface area contributed by atoms with Crippen LogP contribution < -0.4 is 0 Å². The summed E-state index contributed by atoms with van der Waals surface area (Å²) >= 11 is 0. The van der Waals surface area contributed by atoms with E-state index in [2.05, 4.69) is 4.98 Å². The SMILES string of the molecule is O=C(c1ccncc1F)N(CCO)C1CCCC1. The standard InChI is InChI=1S/C13H17FN2O2/c14-12-9-15-6-5-11(12)13(18)16(7-8-17)10-3-1-2-4-10/h5-6,9-10,17H,1-4,7-8H2. The molecule has 1 heterocycles. The average Bonchev–Trinajstić information content (AvgIpc) is 2.89. The number of pyridine rings is 1. The van der Waals surface area contributed by atoms with Gasteiger partial charge in [-0.3, -0.25) is 9.78 Å². The van der Waals surface area contributed by atoms with Gasteiger partial charge in [0.05, 0.1) is 18.4 Å². The van der Waals surface area contributed by atoms with Crippen LogP contribution in [0.2, 0.25) is 0 Å². The van der Waals surface area contributed by atoms with E-state index in [9.17, 15) is 9.18 Å². The Morgan fingerprint density at radius 2 is 2.22 bits per heavy atom. The molecule has 4 nitrogen and oxygen atoms in total. The third-order valence-corrected chi connectivity index (χ3v) is 3.37. The van der Waals surface area contributed by atoms with Crippen LogP contribution in [0.25, 0.3) is 0 Å². The molecule has 1 saturated carbocycles. The van der Waals surface area contributed by atoms with Gasteiger partial charge in [-0.05, 0) is 18.9 Å². The number of aliphatic hydroxyl groups excluding tert-OH is 1. The molecule has 0 atom stereocenters. The average molecular weight is 252 g/mol. The zero-order valence-electron chi connectivity index (χ0n) is 10.2. The second-order valence-electron chi connectivity index (χ2n) is 4.52. The van der Waals surface area contributed by atoms with Crippen LogP contribution in [0.4, 0.5) is 4.39 Å². The highest BCUT2D eigenvalue weighted by Gasteiger charge is 2.28. The van der Waals surface area contributed by atoms with E-state index in [4.69, 9.17) is 5.11 Å². The molecule has 5 heteroatoms. The summed E-state index contributed by atoms with van der Waals surface area (Å²) < 4.78 is 13.6. The van der Waals surface area contributed by atoms with Gasteiger partial charge in [0.15, 0.2) is 5.82 Å². The molecular formula is C13H17FN2O2. The molecular weight excluding hydrogens is 235 g/mol. The van der Waals surface area contributed by atoms with Gasteiger partial charge < -0.3 is 10.0 Å². The molecule has 0 aromatic carbocycles. The zero-order chi connectivity index (χ0) is 13.0. The van der Waals surface area contributed by atoms with Crippen molar-refractivity contribution in [2.75, 3.05) is 13.2 Å². The number of rotatable bonds is 4. The summed E-state index contributed by atoms with van der Waals surface area (Å²) in [7, 11) is 0. The Kier molecular flexibility index (Phi) is 4.25. The fourth-order valence-corrected chi connectivity index (χ4v) is 2.48. The fourth-order valence-electron chi connectivity index (χ4n) is 2.48. The summed E-state index contributed by atoms with van der Waals surface area (Å²) in [6.07, 6.45) is 6.47. The summed E-state index contributed by atoms with van der Waals surface area (Å²) in [4.78, 5) is 17.5. The second-order valence-corrected chi connectivity index (χ2v) is 4.52. The van der Waals surface area contributed by atoms with Crippen molar-refractivity contribution in [3.63, 3.8) is 0 Å². The maximum absolute atomic E-state index is 13.6. The van der Waals surface area contributed by atoms with Crippen molar-refractivity contribution in [3.05, 3.63) is 29.8 Å². The number of halogens is 1. The number of aromatic nitrogens is 1. The minimum absolute atomic E-state index is 0.0327. The maximum Gasteiger partial charge on any atom is 0.257 e. The van der Waals surface area contributed by atoms with Crippen molar-refractivity contribution < 1.29 is 14.3 Å². The number of carbonyl (C=O) groups excluding carboxylic acids is 1. The van der Waals surface area contributed by atoms with Gasteiger partial charge in [0.25, 0.3) is 5.91 Å². The Bertz CT molecular complexity index is 419. The minimum atomic E-state index is -0.608. The van der Waals surface area contributed by atoms with Crippen molar-refractivity contribution in [1.82, 2.24) is 9.88 Å². The molecule has 1 aliphatic carbocycles. The van der Waals surface area contributed by atoms with E-state index in [-0.39, 0.29) is 30.7 Å². The number of amides is 1. The Labute approximate surface area is 105 Å². The topological polar surface area (TPSA) is 53.4 Å². The molecule has 1 amide bonds. The Balaban J connectivity index is 2.20. The molecule has 2 rings (SSSR count). The van der Waals surface area contributed by atoms with Crippen LogP contribution in [0.1, 0.15) is 36.0 Å². The Morgan fingerprint density at radius 1 is 1.50 bits per heavy atom. The summed E-state index contributed by atoms with van der Waals surface area (Å²) in [5, 5.41) is 9.06. The number of aliphatic hydroxyl groups is 1. The lowest BCUT2D eigenvalue weighted by molar-refractivity contribution is 0.0633. The van der Waals surface area contributed by atoms with E-state index in [1.165, 1.54) is 12.3 Å². The Hall–Kier alpha value is -1.49. The molecule has 0 radical (unpaired) electrons. The number of hydrogen-bond acceptors (Lipinski definition) is 3. The Morgan fingerprint density at radius 3 is 2.83 bits per heavy atom. The summed E-state index contributed by atoms with van der Waals surface area (Å²) in [6, 6.07) is 1.51. The lowest BCUT2D eigenvalue weighted by atomic mass is 10.1. The van der Waals surface area contributed by atoms with Crippen LogP contribution in [-0.4, -0.2) is 40.1 Å². The summed E-state index contributed by atoms with van der Waals surface area (Å²) in [5.41, 5.74) is 0.0327. The first-order chi connectivity index (χ1) is 8.74. The van der Waals surface area contributed by atoms with Crippen LogP contribution in [0.15, 0.2) is 18.5 Å². The number of nitrogens with zero attached hydrogens (tertiary/aromatic N) is 2. The van der Waals surface area contributed by atoms with Crippen molar-refractivity contribution in [3.8, 4) is 0 Å². The van der Waals surface area contributed by atoms with Gasteiger partial charge in [-0.15, -0.1) is 0 Å². The molecule has 0 bridgehead atoms. The van der Waals surface area contributed by atoms with Crippen LogP contribution in [-0.2, 0) is 0 Å². The molecule has 0 aliphatic heterocycles. The normalized spacial score (nSPS) is 15.9. The molecule has 0 saturated heterocycles. The highest BCUT2D eigenvalue weighted by atomic mass is 19.1. The van der Waals surface area contributed by atoms with Gasteiger partial charge in [0.2, 0.25) is 0 Å². The second kappa shape index (κ2) is 5.91. The lowest BCUT2D eigenvalue weighted by Crippen LogP contribution is -2.41. The van der Waals surface area contributed by atoms with E-state index in [0.29, 0.717) is 0 Å². The van der Waals surface area contributed by atoms with E-state index in [1.54, 1.807) is 4.90 Å². The van der Waals surface area contributed by atoms with Crippen LogP contribution in [0, 0.1) is 5.82 Å². The molecule has 1 aliphatic rings. The highest BCUT2D eigenvalue weighted by molar-refractivity contribution is 5.94. The number of carbonyl (C=O) groups is 1. The van der Waals surface area contributed by atoms with Gasteiger partial charge in [-0.2, -0.15) is 0 Å².